The number of carbonyl (C=O) groups is 1. The average Bonchev–Trinajstić information content (AvgIpc) is 2.97. The van der Waals surface area contributed by atoms with Crippen LogP contribution in [0.15, 0.2) is 35.7 Å². The Morgan fingerprint density at radius 2 is 2.15 bits per heavy atom. The summed E-state index contributed by atoms with van der Waals surface area (Å²) >= 11 is 1.51. The molecule has 0 spiro atoms. The molecule has 104 valence electrons. The first-order valence-electron chi connectivity index (χ1n) is 6.80. The highest BCUT2D eigenvalue weighted by molar-refractivity contribution is 7.13. The summed E-state index contributed by atoms with van der Waals surface area (Å²) in [5.41, 5.74) is 7.50. The second-order valence-electron chi connectivity index (χ2n) is 5.06. The van der Waals surface area contributed by atoms with E-state index in [9.17, 15) is 4.79 Å². The van der Waals surface area contributed by atoms with Crippen LogP contribution in [0.4, 0.5) is 0 Å². The Bertz CT molecular complexity index is 596. The zero-order chi connectivity index (χ0) is 13.9. The molecular weight excluding hydrogens is 270 g/mol. The van der Waals surface area contributed by atoms with E-state index in [1.165, 1.54) is 11.3 Å². The van der Waals surface area contributed by atoms with Crippen LogP contribution in [0.3, 0.4) is 0 Å². The van der Waals surface area contributed by atoms with Crippen molar-refractivity contribution in [3.05, 3.63) is 41.4 Å². The zero-order valence-electron chi connectivity index (χ0n) is 11.2. The lowest BCUT2D eigenvalue weighted by atomic mass is 10.1. The molecule has 1 aromatic heterocycles. The molecular formula is C15H17N3OS. The average molecular weight is 287 g/mol. The molecule has 1 fully saturated rings. The molecule has 0 saturated carbocycles. The number of thiazole rings is 1. The summed E-state index contributed by atoms with van der Waals surface area (Å²) in [5.74, 6) is -0.00131. The van der Waals surface area contributed by atoms with Gasteiger partial charge in [-0.3, -0.25) is 4.79 Å². The molecule has 1 aromatic carbocycles. The molecule has 1 saturated heterocycles. The molecule has 1 atom stereocenters. The van der Waals surface area contributed by atoms with Crippen LogP contribution in [0, 0.1) is 0 Å². The van der Waals surface area contributed by atoms with Gasteiger partial charge in [0.15, 0.2) is 0 Å². The van der Waals surface area contributed by atoms with Crippen molar-refractivity contribution >= 4 is 17.2 Å². The third-order valence-electron chi connectivity index (χ3n) is 3.49. The van der Waals surface area contributed by atoms with Crippen molar-refractivity contribution in [1.82, 2.24) is 9.88 Å². The lowest BCUT2D eigenvalue weighted by Gasteiger charge is -2.30. The fourth-order valence-corrected chi connectivity index (χ4v) is 3.24. The lowest BCUT2D eigenvalue weighted by Crippen LogP contribution is -2.45. The molecule has 2 aromatic rings. The number of nitrogens with zero attached hydrogens (tertiary/aromatic N) is 2. The van der Waals surface area contributed by atoms with E-state index < -0.39 is 0 Å². The summed E-state index contributed by atoms with van der Waals surface area (Å²) in [6.45, 7) is 1.42. The van der Waals surface area contributed by atoms with E-state index in [1.54, 1.807) is 0 Å². The van der Waals surface area contributed by atoms with E-state index in [4.69, 9.17) is 5.73 Å². The number of hydrogen-bond donors (Lipinski definition) is 1. The molecule has 1 aliphatic rings. The molecule has 1 unspecified atom stereocenters. The maximum atomic E-state index is 12.4. The number of carbonyl (C=O) groups excluding carboxylic acids is 1. The second-order valence-corrected chi connectivity index (χ2v) is 5.92. The predicted octanol–water partition coefficient (Wildman–Crippen LogP) is 2.37. The number of benzene rings is 1. The molecule has 0 bridgehead atoms. The summed E-state index contributed by atoms with van der Waals surface area (Å²) in [4.78, 5) is 18.7. The third-order valence-corrected chi connectivity index (χ3v) is 4.38. The number of rotatable bonds is 2. The number of nitrogens with two attached hydrogens (primary N) is 1. The summed E-state index contributed by atoms with van der Waals surface area (Å²) in [6, 6.07) is 10.0. The fourth-order valence-electron chi connectivity index (χ4n) is 2.44. The van der Waals surface area contributed by atoms with Gasteiger partial charge in [-0.25, -0.2) is 4.98 Å². The van der Waals surface area contributed by atoms with Gasteiger partial charge < -0.3 is 10.6 Å². The molecule has 1 aliphatic heterocycles. The highest BCUT2D eigenvalue weighted by Gasteiger charge is 2.24. The number of aromatic nitrogens is 1. The SMILES string of the molecule is NC1CCCN(C(=O)c2csc(-c3ccccc3)n2)C1. The van der Waals surface area contributed by atoms with Crippen LogP contribution >= 0.6 is 11.3 Å². The van der Waals surface area contributed by atoms with Crippen molar-refractivity contribution < 1.29 is 4.79 Å². The monoisotopic (exact) mass is 287 g/mol. The first-order chi connectivity index (χ1) is 9.74. The standard InChI is InChI=1S/C15H17N3OS/c16-12-7-4-8-18(9-12)15(19)13-10-20-14(17-13)11-5-2-1-3-6-11/h1-3,5-6,10,12H,4,7-9,16H2. The number of piperidine rings is 1. The summed E-state index contributed by atoms with van der Waals surface area (Å²) < 4.78 is 0. The maximum Gasteiger partial charge on any atom is 0.273 e. The minimum atomic E-state index is -0.00131. The van der Waals surface area contributed by atoms with Crippen molar-refractivity contribution in [1.29, 1.82) is 0 Å². The normalized spacial score (nSPS) is 19.1. The molecule has 2 N–H and O–H groups in total. The van der Waals surface area contributed by atoms with Gasteiger partial charge in [0.2, 0.25) is 0 Å². The number of likely N-dealkylation sites (tertiary alicyclic amines) is 1. The molecule has 3 rings (SSSR count). The zero-order valence-corrected chi connectivity index (χ0v) is 12.0. The summed E-state index contributed by atoms with van der Waals surface area (Å²) in [7, 11) is 0. The molecule has 5 heteroatoms. The van der Waals surface area contributed by atoms with Crippen molar-refractivity contribution in [2.75, 3.05) is 13.1 Å². The van der Waals surface area contributed by atoms with Gasteiger partial charge in [-0.05, 0) is 12.8 Å². The molecule has 20 heavy (non-hydrogen) atoms. The molecule has 0 radical (unpaired) electrons. The highest BCUT2D eigenvalue weighted by Crippen LogP contribution is 2.24. The van der Waals surface area contributed by atoms with Crippen LogP contribution in [-0.4, -0.2) is 34.9 Å². The van der Waals surface area contributed by atoms with Gasteiger partial charge in [-0.15, -0.1) is 11.3 Å². The van der Waals surface area contributed by atoms with Crippen molar-refractivity contribution in [3.63, 3.8) is 0 Å². The van der Waals surface area contributed by atoms with Crippen molar-refractivity contribution in [2.45, 2.75) is 18.9 Å². The van der Waals surface area contributed by atoms with Crippen LogP contribution in [0.2, 0.25) is 0 Å². The van der Waals surface area contributed by atoms with E-state index in [-0.39, 0.29) is 11.9 Å². The van der Waals surface area contributed by atoms with Crippen molar-refractivity contribution in [3.8, 4) is 10.6 Å². The molecule has 2 heterocycles. The van der Waals surface area contributed by atoms with Crippen LogP contribution in [0.25, 0.3) is 10.6 Å². The van der Waals surface area contributed by atoms with E-state index in [0.29, 0.717) is 12.2 Å². The Balaban J connectivity index is 1.78. The Hall–Kier alpha value is -1.72. The van der Waals surface area contributed by atoms with Gasteiger partial charge in [-0.1, -0.05) is 30.3 Å². The van der Waals surface area contributed by atoms with E-state index in [0.717, 1.165) is 30.0 Å². The second kappa shape index (κ2) is 5.73. The first-order valence-corrected chi connectivity index (χ1v) is 7.68. The smallest absolute Gasteiger partial charge is 0.273 e. The Labute approximate surface area is 122 Å². The van der Waals surface area contributed by atoms with Gasteiger partial charge in [0.05, 0.1) is 0 Å². The van der Waals surface area contributed by atoms with Crippen LogP contribution in [-0.2, 0) is 0 Å². The first kappa shape index (κ1) is 13.3. The van der Waals surface area contributed by atoms with E-state index in [2.05, 4.69) is 4.98 Å². The topological polar surface area (TPSA) is 59.2 Å². The third kappa shape index (κ3) is 2.73. The lowest BCUT2D eigenvalue weighted by molar-refractivity contribution is 0.0704. The van der Waals surface area contributed by atoms with E-state index >= 15 is 0 Å². The quantitative estimate of drug-likeness (QED) is 0.922. The minimum Gasteiger partial charge on any atom is -0.336 e. The number of amides is 1. The van der Waals surface area contributed by atoms with Gasteiger partial charge in [0.1, 0.15) is 10.7 Å². The fraction of sp³-hybridized carbons (Fsp3) is 0.333. The molecule has 1 amide bonds. The Morgan fingerprint density at radius 3 is 2.90 bits per heavy atom. The van der Waals surface area contributed by atoms with Gasteiger partial charge in [-0.2, -0.15) is 0 Å². The van der Waals surface area contributed by atoms with Crippen LogP contribution in [0.5, 0.6) is 0 Å². The maximum absolute atomic E-state index is 12.4. The van der Waals surface area contributed by atoms with Crippen LogP contribution < -0.4 is 5.73 Å². The van der Waals surface area contributed by atoms with Crippen LogP contribution in [0.1, 0.15) is 23.3 Å². The highest BCUT2D eigenvalue weighted by atomic mass is 32.1. The predicted molar refractivity (Wildman–Crippen MR) is 80.7 cm³/mol. The largest absolute Gasteiger partial charge is 0.336 e. The van der Waals surface area contributed by atoms with E-state index in [1.807, 2.05) is 40.6 Å². The van der Waals surface area contributed by atoms with Gasteiger partial charge in [0, 0.05) is 30.1 Å². The summed E-state index contributed by atoms with van der Waals surface area (Å²) in [6.07, 6.45) is 1.97. The molecule has 4 nitrogen and oxygen atoms in total. The minimum absolute atomic E-state index is 0.00131. The molecule has 0 aliphatic carbocycles. The Kier molecular flexibility index (Phi) is 3.80. The summed E-state index contributed by atoms with van der Waals surface area (Å²) in [5, 5.41) is 2.72. The van der Waals surface area contributed by atoms with Gasteiger partial charge in [0.25, 0.3) is 5.91 Å². The Morgan fingerprint density at radius 1 is 1.35 bits per heavy atom. The van der Waals surface area contributed by atoms with Gasteiger partial charge >= 0.3 is 0 Å². The number of hydrogen-bond acceptors (Lipinski definition) is 4. The van der Waals surface area contributed by atoms with Crippen molar-refractivity contribution in [2.24, 2.45) is 5.73 Å².